The molecular formula is C11H12O6. The summed E-state index contributed by atoms with van der Waals surface area (Å²) in [6.07, 6.45) is 0.546. The molecule has 0 saturated heterocycles. The highest BCUT2D eigenvalue weighted by molar-refractivity contribution is 5.95. The maximum Gasteiger partial charge on any atom is 0.339 e. The number of carboxylic acid groups (broad SMARTS) is 1. The highest BCUT2D eigenvalue weighted by atomic mass is 16.5. The number of aromatic carboxylic acids is 1. The first-order valence-corrected chi connectivity index (χ1v) is 4.79. The van der Waals surface area contributed by atoms with Gasteiger partial charge in [0.2, 0.25) is 0 Å². The average Bonchev–Trinajstić information content (AvgIpc) is 2.29. The molecule has 1 rings (SSSR count). The number of aldehydes is 1. The van der Waals surface area contributed by atoms with Crippen LogP contribution < -0.4 is 4.74 Å². The predicted octanol–water partition coefficient (Wildman–Crippen LogP) is 0.446. The van der Waals surface area contributed by atoms with Gasteiger partial charge < -0.3 is 20.1 Å². The highest BCUT2D eigenvalue weighted by Gasteiger charge is 2.21. The number of methoxy groups -OCH3 is 1. The zero-order valence-corrected chi connectivity index (χ0v) is 9.14. The monoisotopic (exact) mass is 240 g/mol. The van der Waals surface area contributed by atoms with Crippen molar-refractivity contribution in [1.82, 2.24) is 0 Å². The molecule has 3 N–H and O–H groups in total. The Morgan fingerprint density at radius 3 is 2.59 bits per heavy atom. The number of carboxylic acids is 1. The van der Waals surface area contributed by atoms with Crippen molar-refractivity contribution in [3.05, 3.63) is 22.8 Å². The molecule has 0 amide bonds. The number of phenols is 1. The van der Waals surface area contributed by atoms with Gasteiger partial charge in [-0.25, -0.2) is 4.79 Å². The third kappa shape index (κ3) is 2.36. The van der Waals surface area contributed by atoms with Gasteiger partial charge in [0.05, 0.1) is 7.11 Å². The van der Waals surface area contributed by atoms with E-state index in [2.05, 4.69) is 0 Å². The maximum absolute atomic E-state index is 10.8. The predicted molar refractivity (Wildman–Crippen MR) is 57.8 cm³/mol. The van der Waals surface area contributed by atoms with Gasteiger partial charge in [0, 0.05) is 24.2 Å². The minimum absolute atomic E-state index is 0.0751. The van der Waals surface area contributed by atoms with Gasteiger partial charge in [-0.3, -0.25) is 4.79 Å². The summed E-state index contributed by atoms with van der Waals surface area (Å²) in [5.74, 6) is -2.01. The van der Waals surface area contributed by atoms with Gasteiger partial charge in [0.25, 0.3) is 0 Å². The van der Waals surface area contributed by atoms with E-state index < -0.39 is 17.3 Å². The zero-order valence-electron chi connectivity index (χ0n) is 9.14. The number of aliphatic hydroxyl groups is 1. The number of ether oxygens (including phenoxy) is 1. The van der Waals surface area contributed by atoms with Gasteiger partial charge in [-0.05, 0) is 6.07 Å². The molecule has 17 heavy (non-hydrogen) atoms. The lowest BCUT2D eigenvalue weighted by atomic mass is 9.99. The summed E-state index contributed by atoms with van der Waals surface area (Å²) in [5, 5.41) is 27.4. The molecule has 0 spiro atoms. The van der Waals surface area contributed by atoms with Crippen molar-refractivity contribution < 1.29 is 29.6 Å². The molecule has 0 aromatic heterocycles. The van der Waals surface area contributed by atoms with Crippen LogP contribution in [0.2, 0.25) is 0 Å². The smallest absolute Gasteiger partial charge is 0.339 e. The lowest BCUT2D eigenvalue weighted by molar-refractivity contribution is 0.0693. The van der Waals surface area contributed by atoms with Gasteiger partial charge >= 0.3 is 5.97 Å². The fourth-order valence-electron chi connectivity index (χ4n) is 1.57. The van der Waals surface area contributed by atoms with Crippen LogP contribution in [-0.4, -0.2) is 41.3 Å². The second-order valence-electron chi connectivity index (χ2n) is 3.27. The summed E-state index contributed by atoms with van der Waals surface area (Å²) in [6, 6.07) is 1.05. The molecule has 6 nitrogen and oxygen atoms in total. The standard InChI is InChI=1S/C11H12O6/c1-17-10-7(2-3-12)6(5-13)4-8(9(10)14)11(15)16/h4-5,12,14H,2-3H2,1H3,(H,15,16). The van der Waals surface area contributed by atoms with E-state index in [-0.39, 0.29) is 29.9 Å². The Hall–Kier alpha value is -2.08. The van der Waals surface area contributed by atoms with Crippen molar-refractivity contribution in [2.75, 3.05) is 13.7 Å². The molecule has 0 unspecified atom stereocenters. The van der Waals surface area contributed by atoms with Crippen molar-refractivity contribution in [2.45, 2.75) is 6.42 Å². The molecule has 1 aromatic rings. The molecule has 0 aliphatic carbocycles. The molecule has 1 aromatic carbocycles. The Kier molecular flexibility index (Phi) is 4.06. The Balaban J connectivity index is 3.55. The minimum atomic E-state index is -1.36. The Morgan fingerprint density at radius 2 is 2.18 bits per heavy atom. The lowest BCUT2D eigenvalue weighted by Crippen LogP contribution is -2.06. The Bertz CT molecular complexity index is 452. The second-order valence-corrected chi connectivity index (χ2v) is 3.27. The number of hydrogen-bond donors (Lipinski definition) is 3. The zero-order chi connectivity index (χ0) is 13.0. The lowest BCUT2D eigenvalue weighted by Gasteiger charge is -2.13. The van der Waals surface area contributed by atoms with E-state index in [1.807, 2.05) is 0 Å². The number of hydrogen-bond acceptors (Lipinski definition) is 5. The van der Waals surface area contributed by atoms with Crippen LogP contribution in [0.3, 0.4) is 0 Å². The summed E-state index contributed by atoms with van der Waals surface area (Å²) < 4.78 is 4.88. The number of benzene rings is 1. The fourth-order valence-corrected chi connectivity index (χ4v) is 1.57. The van der Waals surface area contributed by atoms with Gasteiger partial charge in [0.1, 0.15) is 11.8 Å². The van der Waals surface area contributed by atoms with Crippen molar-refractivity contribution in [2.24, 2.45) is 0 Å². The number of aromatic hydroxyl groups is 1. The molecule has 0 fully saturated rings. The second kappa shape index (κ2) is 5.31. The molecule has 6 heteroatoms. The van der Waals surface area contributed by atoms with Crippen molar-refractivity contribution in [1.29, 1.82) is 0 Å². The van der Waals surface area contributed by atoms with Gasteiger partial charge in [-0.2, -0.15) is 0 Å². The third-order valence-electron chi connectivity index (χ3n) is 2.32. The SMILES string of the molecule is COc1c(O)c(C(=O)O)cc(C=O)c1CCO. The molecular weight excluding hydrogens is 228 g/mol. The third-order valence-corrected chi connectivity index (χ3v) is 2.32. The highest BCUT2D eigenvalue weighted by Crippen LogP contribution is 2.36. The first-order valence-electron chi connectivity index (χ1n) is 4.79. The number of carbonyl (C=O) groups is 2. The summed E-state index contributed by atoms with van der Waals surface area (Å²) in [7, 11) is 1.25. The van der Waals surface area contributed by atoms with Crippen LogP contribution >= 0.6 is 0 Å². The number of aliphatic hydroxyl groups excluding tert-OH is 1. The number of carbonyl (C=O) groups excluding carboxylic acids is 1. The van der Waals surface area contributed by atoms with Crippen molar-refractivity contribution in [3.8, 4) is 11.5 Å². The average molecular weight is 240 g/mol. The summed E-state index contributed by atoms with van der Waals surface area (Å²) in [4.78, 5) is 21.7. The van der Waals surface area contributed by atoms with Crippen molar-refractivity contribution in [3.63, 3.8) is 0 Å². The first-order chi connectivity index (χ1) is 8.06. The van der Waals surface area contributed by atoms with E-state index in [9.17, 15) is 14.7 Å². The van der Waals surface area contributed by atoms with E-state index in [1.54, 1.807) is 0 Å². The molecule has 0 bridgehead atoms. The van der Waals surface area contributed by atoms with Gasteiger partial charge in [-0.1, -0.05) is 0 Å². The Morgan fingerprint density at radius 1 is 1.53 bits per heavy atom. The van der Waals surface area contributed by atoms with E-state index in [1.165, 1.54) is 7.11 Å². The molecule has 0 aliphatic heterocycles. The van der Waals surface area contributed by atoms with Crippen LogP contribution in [0.4, 0.5) is 0 Å². The largest absolute Gasteiger partial charge is 0.504 e. The van der Waals surface area contributed by atoms with Crippen LogP contribution in [0.25, 0.3) is 0 Å². The summed E-state index contributed by atoms with van der Waals surface area (Å²) >= 11 is 0. The van der Waals surface area contributed by atoms with Crippen LogP contribution in [0.15, 0.2) is 6.07 Å². The van der Waals surface area contributed by atoms with E-state index in [4.69, 9.17) is 14.9 Å². The van der Waals surface area contributed by atoms with Crippen LogP contribution in [-0.2, 0) is 6.42 Å². The molecule has 0 radical (unpaired) electrons. The fraction of sp³-hybridized carbons (Fsp3) is 0.273. The minimum Gasteiger partial charge on any atom is -0.504 e. The van der Waals surface area contributed by atoms with Gasteiger partial charge in [-0.15, -0.1) is 0 Å². The summed E-state index contributed by atoms with van der Waals surface area (Å²) in [5.41, 5.74) is -0.0516. The molecule has 0 heterocycles. The number of rotatable bonds is 5. The van der Waals surface area contributed by atoms with E-state index >= 15 is 0 Å². The molecule has 0 saturated carbocycles. The summed E-state index contributed by atoms with van der Waals surface area (Å²) in [6.45, 7) is -0.247. The normalized spacial score (nSPS) is 10.0. The van der Waals surface area contributed by atoms with Crippen LogP contribution in [0.5, 0.6) is 11.5 Å². The molecule has 0 atom stereocenters. The van der Waals surface area contributed by atoms with Crippen LogP contribution in [0, 0.1) is 0 Å². The topological polar surface area (TPSA) is 104 Å². The molecule has 0 aliphatic rings. The van der Waals surface area contributed by atoms with Crippen LogP contribution in [0.1, 0.15) is 26.3 Å². The van der Waals surface area contributed by atoms with Crippen molar-refractivity contribution >= 4 is 12.3 Å². The quantitative estimate of drug-likeness (QED) is 0.645. The van der Waals surface area contributed by atoms with Gasteiger partial charge in [0.15, 0.2) is 11.5 Å². The van der Waals surface area contributed by atoms with E-state index in [0.29, 0.717) is 6.29 Å². The maximum atomic E-state index is 10.8. The Labute approximate surface area is 97.1 Å². The molecule has 92 valence electrons. The first kappa shape index (κ1) is 13.0. The van der Waals surface area contributed by atoms with E-state index in [0.717, 1.165) is 6.07 Å².